The zero-order valence-corrected chi connectivity index (χ0v) is 20.7. The van der Waals surface area contributed by atoms with Gasteiger partial charge in [-0.25, -0.2) is 4.21 Å². The Kier molecular flexibility index (Phi) is 10.7. The first-order valence-corrected chi connectivity index (χ1v) is 15.5. The zero-order valence-electron chi connectivity index (χ0n) is 19.0. The molecule has 0 spiro atoms. The molecule has 2 fully saturated rings. The molecule has 1 nitrogen and oxygen atoms in total. The first-order valence-electron chi connectivity index (χ1n) is 12.9. The lowest BCUT2D eigenvalue weighted by Gasteiger charge is -2.47. The van der Waals surface area contributed by atoms with Crippen LogP contribution in [0.3, 0.4) is 0 Å². The molecule has 0 aromatic rings. The van der Waals surface area contributed by atoms with E-state index in [1.54, 1.807) is 0 Å². The van der Waals surface area contributed by atoms with Gasteiger partial charge in [0.2, 0.25) is 0 Å². The third-order valence-corrected chi connectivity index (χ3v) is 12.0. The Labute approximate surface area is 187 Å². The zero-order chi connectivity index (χ0) is 20.4. The maximum atomic E-state index is 13.5. The van der Waals surface area contributed by atoms with Crippen molar-refractivity contribution in [3.63, 3.8) is 0 Å². The lowest BCUT2D eigenvalue weighted by molar-refractivity contribution is 0.198. The molecule has 0 radical (unpaired) electrons. The van der Waals surface area contributed by atoms with Gasteiger partial charge < -0.3 is 0 Å². The highest BCUT2D eigenvalue weighted by Gasteiger charge is 2.48. The van der Waals surface area contributed by atoms with Crippen LogP contribution >= 0.6 is 10.8 Å². The number of rotatable bonds is 4. The Bertz CT molecular complexity index is 509. The monoisotopic (exact) mass is 438 g/mol. The van der Waals surface area contributed by atoms with Crippen LogP contribution < -0.4 is 0 Å². The lowest BCUT2D eigenvalue weighted by atomic mass is 9.69. The summed E-state index contributed by atoms with van der Waals surface area (Å²) in [5.74, 6) is 3.71. The van der Waals surface area contributed by atoms with E-state index in [1.165, 1.54) is 103 Å². The Balaban J connectivity index is 1.49. The molecule has 0 aliphatic heterocycles. The van der Waals surface area contributed by atoms with E-state index < -0.39 is 9.83 Å². The van der Waals surface area contributed by atoms with E-state index >= 15 is 0 Å². The third kappa shape index (κ3) is 8.02. The van der Waals surface area contributed by atoms with Crippen molar-refractivity contribution in [1.29, 1.82) is 0 Å². The summed E-state index contributed by atoms with van der Waals surface area (Å²) in [7, 11) is 1.15. The van der Waals surface area contributed by atoms with Gasteiger partial charge in [-0.1, -0.05) is 94.1 Å². The molecule has 4 aliphatic carbocycles. The van der Waals surface area contributed by atoms with Gasteiger partial charge in [0.15, 0.2) is 0 Å². The van der Waals surface area contributed by atoms with Crippen molar-refractivity contribution >= 4 is 20.6 Å². The first-order chi connectivity index (χ1) is 14.2. The molecule has 4 aliphatic rings. The van der Waals surface area contributed by atoms with E-state index in [-0.39, 0.29) is 4.75 Å². The fourth-order valence-electron chi connectivity index (χ4n) is 5.85. The maximum Gasteiger partial charge on any atom is 0.0866 e. The molecule has 0 aromatic carbocycles. The number of hydrogen-bond acceptors (Lipinski definition) is 2. The van der Waals surface area contributed by atoms with Crippen molar-refractivity contribution in [2.45, 2.75) is 127 Å². The van der Waals surface area contributed by atoms with Gasteiger partial charge in [0, 0.05) is 5.75 Å². The fraction of sp³-hybridized carbons (Fsp3) is 0.923. The highest BCUT2D eigenvalue weighted by molar-refractivity contribution is 8.69. The van der Waals surface area contributed by atoms with Crippen molar-refractivity contribution in [1.82, 2.24) is 0 Å². The van der Waals surface area contributed by atoms with Gasteiger partial charge >= 0.3 is 0 Å². The van der Waals surface area contributed by atoms with E-state index in [4.69, 9.17) is 0 Å². The van der Waals surface area contributed by atoms with Crippen LogP contribution in [0.5, 0.6) is 0 Å². The summed E-state index contributed by atoms with van der Waals surface area (Å²) < 4.78 is 13.6. The van der Waals surface area contributed by atoms with Gasteiger partial charge in [-0.2, -0.15) is 0 Å². The number of hydrogen-bond donors (Lipinski definition) is 0. The van der Waals surface area contributed by atoms with Crippen LogP contribution in [0, 0.1) is 17.8 Å². The summed E-state index contributed by atoms with van der Waals surface area (Å²) in [5.41, 5.74) is 0. The van der Waals surface area contributed by atoms with E-state index in [1.807, 2.05) is 10.8 Å². The van der Waals surface area contributed by atoms with Gasteiger partial charge in [0.25, 0.3) is 0 Å². The summed E-state index contributed by atoms with van der Waals surface area (Å²) in [4.78, 5) is 0. The Morgan fingerprint density at radius 2 is 1.48 bits per heavy atom. The van der Waals surface area contributed by atoms with Crippen LogP contribution in [0.4, 0.5) is 0 Å². The second-order valence-corrected chi connectivity index (χ2v) is 14.0. The van der Waals surface area contributed by atoms with Gasteiger partial charge in [-0.3, -0.25) is 0 Å². The van der Waals surface area contributed by atoms with Crippen molar-refractivity contribution in [3.8, 4) is 0 Å². The van der Waals surface area contributed by atoms with Crippen molar-refractivity contribution < 1.29 is 4.21 Å². The van der Waals surface area contributed by atoms with Crippen LogP contribution in [-0.2, 0) is 9.83 Å². The average molecular weight is 439 g/mol. The lowest BCUT2D eigenvalue weighted by Crippen LogP contribution is -2.46. The predicted octanol–water partition coefficient (Wildman–Crippen LogP) is 8.61. The summed E-state index contributed by atoms with van der Waals surface area (Å²) >= 11 is 0. The first kappa shape index (κ1) is 23.9. The molecule has 0 aromatic heterocycles. The molecule has 0 amide bonds. The minimum atomic E-state index is -0.695. The molecule has 3 heteroatoms. The molecule has 2 bridgehead atoms. The van der Waals surface area contributed by atoms with Crippen LogP contribution in [0.15, 0.2) is 12.2 Å². The number of allylic oxidation sites excluding steroid dienone is 2. The van der Waals surface area contributed by atoms with Gasteiger partial charge in [0.05, 0.1) is 14.6 Å². The summed E-state index contributed by atoms with van der Waals surface area (Å²) in [6.07, 6.45) is 28.9. The van der Waals surface area contributed by atoms with E-state index in [0.717, 1.165) is 36.3 Å². The van der Waals surface area contributed by atoms with Crippen LogP contribution in [0.1, 0.15) is 122 Å². The van der Waals surface area contributed by atoms with Crippen LogP contribution in [0.25, 0.3) is 0 Å². The topological polar surface area (TPSA) is 17.1 Å². The molecular weight excluding hydrogens is 392 g/mol. The summed E-state index contributed by atoms with van der Waals surface area (Å²) in [6, 6.07) is 0. The second kappa shape index (κ2) is 12.9. The largest absolute Gasteiger partial charge is 0.247 e. The predicted molar refractivity (Wildman–Crippen MR) is 132 cm³/mol. The molecule has 168 valence electrons. The van der Waals surface area contributed by atoms with Crippen molar-refractivity contribution in [3.05, 3.63) is 12.2 Å². The van der Waals surface area contributed by atoms with Gasteiger partial charge in [0.1, 0.15) is 0 Å². The average Bonchev–Trinajstić information content (AvgIpc) is 2.71. The fourth-order valence-corrected chi connectivity index (χ4v) is 10.1. The smallest absolute Gasteiger partial charge is 0.0866 e. The van der Waals surface area contributed by atoms with Gasteiger partial charge in [-0.05, 0) is 69.1 Å². The van der Waals surface area contributed by atoms with Gasteiger partial charge in [-0.15, -0.1) is 0 Å². The summed E-state index contributed by atoms with van der Waals surface area (Å²) in [6.45, 7) is 2.45. The Hall–Kier alpha value is 0.240. The van der Waals surface area contributed by atoms with Crippen LogP contribution in [0.2, 0.25) is 0 Å². The molecule has 0 heterocycles. The molecule has 3 unspecified atom stereocenters. The third-order valence-electron chi connectivity index (χ3n) is 7.87. The maximum absolute atomic E-state index is 13.5. The highest BCUT2D eigenvalue weighted by atomic mass is 33.1. The minimum Gasteiger partial charge on any atom is -0.247 e. The van der Waals surface area contributed by atoms with Crippen molar-refractivity contribution in [2.24, 2.45) is 17.8 Å². The van der Waals surface area contributed by atoms with Crippen molar-refractivity contribution in [2.75, 3.05) is 5.75 Å². The molecule has 0 saturated heterocycles. The van der Waals surface area contributed by atoms with E-state index in [9.17, 15) is 4.21 Å². The minimum absolute atomic E-state index is 0.140. The summed E-state index contributed by atoms with van der Waals surface area (Å²) in [5, 5.41) is 0. The molecular formula is C26H46OS2. The highest BCUT2D eigenvalue weighted by Crippen LogP contribution is 2.51. The Morgan fingerprint density at radius 1 is 0.828 bits per heavy atom. The second-order valence-electron chi connectivity index (χ2n) is 10.5. The normalized spacial score (nSPS) is 36.7. The standard InChI is InChI=1S/C26H46OS2/c1-23-14-9-6-7-10-16-24(18-13-15-23)22-28-29(27)26-19-12-8-4-2-3-5-11-17-25(20-26)21-26/h4,8,23-25H,2-3,5-7,9-22H2,1H3. The SMILES string of the molecule is CC1CCCCCCC(CSS(=O)C23CCC=CCCCCCC(C2)C3)CCC1. The quantitative estimate of drug-likeness (QED) is 0.323. The number of fused-ring (bicyclic) bond motifs is 7. The molecule has 0 N–H and O–H groups in total. The van der Waals surface area contributed by atoms with E-state index in [0.29, 0.717) is 0 Å². The van der Waals surface area contributed by atoms with Crippen LogP contribution in [-0.4, -0.2) is 14.7 Å². The molecule has 3 atom stereocenters. The molecule has 29 heavy (non-hydrogen) atoms. The molecule has 4 rings (SSSR count). The van der Waals surface area contributed by atoms with E-state index in [2.05, 4.69) is 19.1 Å². The Morgan fingerprint density at radius 3 is 2.34 bits per heavy atom. The molecule has 2 saturated carbocycles.